The molecule has 1 fully saturated rings. The van der Waals surface area contributed by atoms with Crippen LogP contribution in [0, 0.1) is 11.6 Å². The molecule has 1 atom stereocenters. The predicted octanol–water partition coefficient (Wildman–Crippen LogP) is 2.39. The molecule has 0 amide bonds. The lowest BCUT2D eigenvalue weighted by atomic mass is 10.0. The quantitative estimate of drug-likeness (QED) is 0.704. The average Bonchev–Trinajstić information content (AvgIpc) is 2.62. The Morgan fingerprint density at radius 3 is 2.85 bits per heavy atom. The summed E-state index contributed by atoms with van der Waals surface area (Å²) in [4.78, 5) is 0. The van der Waals surface area contributed by atoms with Gasteiger partial charge in [0.1, 0.15) is 0 Å². The first-order valence-electron chi connectivity index (χ1n) is 4.46. The minimum Gasteiger partial charge on any atom is -0.310 e. The number of halogens is 2. The maximum absolute atomic E-state index is 13.2. The molecule has 0 aromatic heterocycles. The predicted molar refractivity (Wildman–Crippen MR) is 46.3 cm³/mol. The normalized spacial score (nSPS) is 22.2. The molecule has 1 N–H and O–H groups in total. The first-order chi connectivity index (χ1) is 6.29. The standard InChI is InChI=1S/C10H11F2N/c11-8-4-1-3-7(10(8)12)9-5-2-6-13-9/h1,3-4,9,13H,2,5-6H2/t9-/m1/s1. The number of benzene rings is 1. The highest BCUT2D eigenvalue weighted by Crippen LogP contribution is 2.26. The molecular weight excluding hydrogens is 172 g/mol. The van der Waals surface area contributed by atoms with Gasteiger partial charge in [0.25, 0.3) is 0 Å². The van der Waals surface area contributed by atoms with E-state index in [9.17, 15) is 8.78 Å². The van der Waals surface area contributed by atoms with Crippen molar-refractivity contribution in [2.24, 2.45) is 0 Å². The summed E-state index contributed by atoms with van der Waals surface area (Å²) >= 11 is 0. The third-order valence-corrected chi connectivity index (χ3v) is 2.42. The molecule has 1 aliphatic rings. The summed E-state index contributed by atoms with van der Waals surface area (Å²) < 4.78 is 26.1. The lowest BCUT2D eigenvalue weighted by molar-refractivity contribution is 0.481. The van der Waals surface area contributed by atoms with Crippen molar-refractivity contribution in [3.8, 4) is 0 Å². The summed E-state index contributed by atoms with van der Waals surface area (Å²) in [6.07, 6.45) is 1.92. The monoisotopic (exact) mass is 183 g/mol. The Labute approximate surface area is 75.8 Å². The topological polar surface area (TPSA) is 12.0 Å². The minimum atomic E-state index is -0.758. The molecule has 1 nitrogen and oxygen atoms in total. The molecule has 2 rings (SSSR count). The van der Waals surface area contributed by atoms with Crippen LogP contribution in [0.4, 0.5) is 8.78 Å². The largest absolute Gasteiger partial charge is 0.310 e. The van der Waals surface area contributed by atoms with Crippen LogP contribution in [-0.2, 0) is 0 Å². The zero-order valence-corrected chi connectivity index (χ0v) is 7.19. The van der Waals surface area contributed by atoms with E-state index in [0.29, 0.717) is 5.56 Å². The summed E-state index contributed by atoms with van der Waals surface area (Å²) in [7, 11) is 0. The van der Waals surface area contributed by atoms with E-state index in [1.54, 1.807) is 12.1 Å². The SMILES string of the molecule is Fc1cccc([C@H]2CCCN2)c1F. The van der Waals surface area contributed by atoms with Gasteiger partial charge in [0, 0.05) is 11.6 Å². The first kappa shape index (κ1) is 8.63. The van der Waals surface area contributed by atoms with Crippen molar-refractivity contribution in [2.45, 2.75) is 18.9 Å². The van der Waals surface area contributed by atoms with Gasteiger partial charge in [-0.15, -0.1) is 0 Å². The highest BCUT2D eigenvalue weighted by atomic mass is 19.2. The second kappa shape index (κ2) is 3.42. The Balaban J connectivity index is 2.33. The Morgan fingerprint density at radius 1 is 1.31 bits per heavy atom. The van der Waals surface area contributed by atoms with Gasteiger partial charge in [0.15, 0.2) is 11.6 Å². The highest BCUT2D eigenvalue weighted by molar-refractivity contribution is 5.23. The van der Waals surface area contributed by atoms with E-state index >= 15 is 0 Å². The number of rotatable bonds is 1. The molecule has 13 heavy (non-hydrogen) atoms. The number of nitrogens with one attached hydrogen (secondary N) is 1. The van der Waals surface area contributed by atoms with E-state index in [0.717, 1.165) is 25.5 Å². The van der Waals surface area contributed by atoms with Gasteiger partial charge in [0.2, 0.25) is 0 Å². The number of hydrogen-bond acceptors (Lipinski definition) is 1. The van der Waals surface area contributed by atoms with Crippen LogP contribution in [0.15, 0.2) is 18.2 Å². The van der Waals surface area contributed by atoms with Gasteiger partial charge < -0.3 is 5.32 Å². The minimum absolute atomic E-state index is 0.00398. The summed E-state index contributed by atoms with van der Waals surface area (Å²) in [6, 6.07) is 4.33. The van der Waals surface area contributed by atoms with E-state index in [-0.39, 0.29) is 6.04 Å². The molecule has 1 aliphatic heterocycles. The summed E-state index contributed by atoms with van der Waals surface area (Å²) in [5.74, 6) is -1.46. The Bertz CT molecular complexity index is 306. The van der Waals surface area contributed by atoms with Crippen LogP contribution in [0.5, 0.6) is 0 Å². The van der Waals surface area contributed by atoms with Crippen molar-refractivity contribution in [3.63, 3.8) is 0 Å². The second-order valence-corrected chi connectivity index (χ2v) is 3.29. The zero-order chi connectivity index (χ0) is 9.26. The maximum Gasteiger partial charge on any atom is 0.163 e. The molecule has 0 unspecified atom stereocenters. The molecule has 1 aromatic carbocycles. The molecular formula is C10H11F2N. The highest BCUT2D eigenvalue weighted by Gasteiger charge is 2.20. The van der Waals surface area contributed by atoms with Gasteiger partial charge in [-0.25, -0.2) is 8.78 Å². The lowest BCUT2D eigenvalue weighted by Gasteiger charge is -2.11. The van der Waals surface area contributed by atoms with Gasteiger partial charge in [0.05, 0.1) is 0 Å². The molecule has 1 aromatic rings. The van der Waals surface area contributed by atoms with E-state index in [1.807, 2.05) is 0 Å². The molecule has 70 valence electrons. The maximum atomic E-state index is 13.2. The van der Waals surface area contributed by atoms with Crippen molar-refractivity contribution in [3.05, 3.63) is 35.4 Å². The van der Waals surface area contributed by atoms with Crippen LogP contribution in [0.2, 0.25) is 0 Å². The van der Waals surface area contributed by atoms with E-state index in [1.165, 1.54) is 0 Å². The Morgan fingerprint density at radius 2 is 2.15 bits per heavy atom. The van der Waals surface area contributed by atoms with Gasteiger partial charge in [-0.2, -0.15) is 0 Å². The Hall–Kier alpha value is -0.960. The van der Waals surface area contributed by atoms with Crippen LogP contribution in [0.1, 0.15) is 24.4 Å². The van der Waals surface area contributed by atoms with Crippen molar-refractivity contribution >= 4 is 0 Å². The van der Waals surface area contributed by atoms with Gasteiger partial charge >= 0.3 is 0 Å². The van der Waals surface area contributed by atoms with Crippen molar-refractivity contribution in [1.29, 1.82) is 0 Å². The van der Waals surface area contributed by atoms with Gasteiger partial charge in [-0.1, -0.05) is 12.1 Å². The fourth-order valence-corrected chi connectivity index (χ4v) is 1.74. The van der Waals surface area contributed by atoms with Gasteiger partial charge in [-0.3, -0.25) is 0 Å². The summed E-state index contributed by atoms with van der Waals surface area (Å²) in [6.45, 7) is 0.890. The van der Waals surface area contributed by atoms with Crippen LogP contribution < -0.4 is 5.32 Å². The molecule has 1 heterocycles. The fourth-order valence-electron chi connectivity index (χ4n) is 1.74. The van der Waals surface area contributed by atoms with Crippen LogP contribution in [0.3, 0.4) is 0 Å². The number of hydrogen-bond donors (Lipinski definition) is 1. The summed E-state index contributed by atoms with van der Waals surface area (Å²) in [5.41, 5.74) is 0.456. The average molecular weight is 183 g/mol. The zero-order valence-electron chi connectivity index (χ0n) is 7.19. The second-order valence-electron chi connectivity index (χ2n) is 3.29. The van der Waals surface area contributed by atoms with Gasteiger partial charge in [-0.05, 0) is 25.5 Å². The smallest absolute Gasteiger partial charge is 0.163 e. The van der Waals surface area contributed by atoms with Crippen LogP contribution in [-0.4, -0.2) is 6.54 Å². The molecule has 0 bridgehead atoms. The van der Waals surface area contributed by atoms with E-state index in [2.05, 4.69) is 5.32 Å². The fraction of sp³-hybridized carbons (Fsp3) is 0.400. The van der Waals surface area contributed by atoms with E-state index in [4.69, 9.17) is 0 Å². The molecule has 0 aliphatic carbocycles. The molecule has 0 radical (unpaired) electrons. The lowest BCUT2D eigenvalue weighted by Crippen LogP contribution is -2.14. The molecule has 0 spiro atoms. The third kappa shape index (κ3) is 1.56. The Kier molecular flexibility index (Phi) is 2.27. The van der Waals surface area contributed by atoms with Crippen molar-refractivity contribution in [1.82, 2.24) is 5.32 Å². The summed E-state index contributed by atoms with van der Waals surface area (Å²) in [5, 5.41) is 3.13. The van der Waals surface area contributed by atoms with E-state index < -0.39 is 11.6 Å². The van der Waals surface area contributed by atoms with Crippen molar-refractivity contribution < 1.29 is 8.78 Å². The molecule has 3 heteroatoms. The van der Waals surface area contributed by atoms with Crippen LogP contribution >= 0.6 is 0 Å². The third-order valence-electron chi connectivity index (χ3n) is 2.42. The van der Waals surface area contributed by atoms with Crippen LogP contribution in [0.25, 0.3) is 0 Å². The first-order valence-corrected chi connectivity index (χ1v) is 4.46. The molecule has 0 saturated carbocycles. The van der Waals surface area contributed by atoms with Crippen molar-refractivity contribution in [2.75, 3.05) is 6.54 Å². The molecule has 1 saturated heterocycles.